The predicted molar refractivity (Wildman–Crippen MR) is 102 cm³/mol. The molecule has 0 fully saturated rings. The Morgan fingerprint density at radius 3 is 1.68 bits per heavy atom. The molecule has 0 N–H and O–H groups in total. The summed E-state index contributed by atoms with van der Waals surface area (Å²) in [6, 6.07) is 34.7. The molecule has 0 saturated heterocycles. The fourth-order valence-electron chi connectivity index (χ4n) is 3.00. The van der Waals surface area contributed by atoms with E-state index in [-0.39, 0.29) is 20.1 Å². The third kappa shape index (κ3) is 3.26. The second-order valence-electron chi connectivity index (χ2n) is 5.73. The average Bonchev–Trinajstić information content (AvgIpc) is 2.68. The van der Waals surface area contributed by atoms with Crippen LogP contribution in [0, 0.1) is 6.07 Å². The molecule has 4 aromatic rings. The molecule has 3 heteroatoms. The molecule has 0 saturated carbocycles. The van der Waals surface area contributed by atoms with Crippen LogP contribution in [-0.4, -0.2) is 0 Å². The summed E-state index contributed by atoms with van der Waals surface area (Å²) in [6.07, 6.45) is 0. The van der Waals surface area contributed by atoms with E-state index in [9.17, 15) is 4.57 Å². The van der Waals surface area contributed by atoms with Crippen molar-refractivity contribution in [3.05, 3.63) is 103 Å². The number of benzene rings is 4. The van der Waals surface area contributed by atoms with Crippen molar-refractivity contribution in [3.8, 4) is 0 Å². The van der Waals surface area contributed by atoms with Crippen molar-refractivity contribution in [1.82, 2.24) is 0 Å². The van der Waals surface area contributed by atoms with Gasteiger partial charge in [-0.1, -0.05) is 84.2 Å². The number of hydrogen-bond acceptors (Lipinski definition) is 1. The predicted octanol–water partition coefficient (Wildman–Crippen LogP) is 4.28. The quantitative estimate of drug-likeness (QED) is 0.292. The normalized spacial score (nSPS) is 11.0. The van der Waals surface area contributed by atoms with Crippen LogP contribution < -0.4 is 15.9 Å². The second-order valence-corrected chi connectivity index (χ2v) is 8.46. The van der Waals surface area contributed by atoms with E-state index in [0.29, 0.717) is 0 Å². The summed E-state index contributed by atoms with van der Waals surface area (Å²) in [6.45, 7) is 0. The number of hydrogen-bond donors (Lipinski definition) is 0. The summed E-state index contributed by atoms with van der Waals surface area (Å²) in [7, 11) is -2.94. The molecule has 25 heavy (non-hydrogen) atoms. The molecule has 0 heterocycles. The molecular weight excluding hydrogens is 503 g/mol. The van der Waals surface area contributed by atoms with Gasteiger partial charge in [-0.05, 0) is 0 Å². The van der Waals surface area contributed by atoms with Crippen LogP contribution in [0.1, 0.15) is 0 Å². The van der Waals surface area contributed by atoms with Gasteiger partial charge in [0.15, 0.2) is 0 Å². The van der Waals surface area contributed by atoms with Crippen LogP contribution >= 0.6 is 7.14 Å². The van der Waals surface area contributed by atoms with Gasteiger partial charge in [0, 0.05) is 30.7 Å². The maximum Gasteiger partial charge on any atom is 0.147 e. The fourth-order valence-corrected chi connectivity index (χ4v) is 5.61. The van der Waals surface area contributed by atoms with E-state index in [0.717, 1.165) is 26.7 Å². The molecule has 0 amide bonds. The Morgan fingerprint density at radius 2 is 1.12 bits per heavy atom. The number of rotatable bonds is 3. The molecule has 0 atom stereocenters. The summed E-state index contributed by atoms with van der Waals surface area (Å²) in [5.41, 5.74) is 0. The van der Waals surface area contributed by atoms with Crippen molar-refractivity contribution in [2.24, 2.45) is 0 Å². The Bertz CT molecular complexity index is 986. The summed E-state index contributed by atoms with van der Waals surface area (Å²) < 4.78 is 14.2. The maximum atomic E-state index is 14.2. The Kier molecular flexibility index (Phi) is 5.35. The van der Waals surface area contributed by atoms with E-state index in [2.05, 4.69) is 6.07 Å². The molecule has 0 spiro atoms. The van der Waals surface area contributed by atoms with E-state index in [4.69, 9.17) is 0 Å². The molecule has 0 bridgehead atoms. The molecule has 125 valence electrons. The van der Waals surface area contributed by atoms with Crippen LogP contribution in [0.5, 0.6) is 0 Å². The zero-order valence-electron chi connectivity index (χ0n) is 13.4. The molecule has 0 aromatic heterocycles. The Morgan fingerprint density at radius 1 is 0.640 bits per heavy atom. The monoisotopic (exact) mass is 520 g/mol. The third-order valence-electron chi connectivity index (χ3n) is 4.24. The third-order valence-corrected chi connectivity index (χ3v) is 7.23. The van der Waals surface area contributed by atoms with Gasteiger partial charge in [-0.25, -0.2) is 0 Å². The van der Waals surface area contributed by atoms with Crippen molar-refractivity contribution in [1.29, 1.82) is 0 Å². The molecule has 1 nitrogen and oxygen atoms in total. The summed E-state index contributed by atoms with van der Waals surface area (Å²) >= 11 is 0. The van der Waals surface area contributed by atoms with Crippen molar-refractivity contribution in [2.45, 2.75) is 0 Å². The first-order valence-electron chi connectivity index (χ1n) is 7.91. The molecule has 0 aliphatic heterocycles. The molecule has 0 aliphatic carbocycles. The van der Waals surface area contributed by atoms with Crippen LogP contribution in [0.4, 0.5) is 0 Å². The summed E-state index contributed by atoms with van der Waals surface area (Å²) in [5, 5.41) is 4.61. The molecule has 4 rings (SSSR count). The number of fused-ring (bicyclic) bond motifs is 1. The van der Waals surface area contributed by atoms with Gasteiger partial charge in [-0.15, -0.1) is 16.8 Å². The Hall–Kier alpha value is -1.98. The van der Waals surface area contributed by atoms with Gasteiger partial charge in [0.1, 0.15) is 7.14 Å². The zero-order chi connectivity index (χ0) is 16.4. The van der Waals surface area contributed by atoms with Gasteiger partial charge in [-0.2, -0.15) is 18.2 Å². The standard InChI is InChI=1S/C22H16OP.Ir/c23-24(20-11-3-1-4-12-20,21-13-5-2-6-14-21)22-16-15-18-9-7-8-10-19(18)17-22;/h1-15,17H;/q-1;. The van der Waals surface area contributed by atoms with E-state index >= 15 is 0 Å². The first kappa shape index (κ1) is 17.8. The van der Waals surface area contributed by atoms with Crippen LogP contribution in [0.15, 0.2) is 97.1 Å². The smallest absolute Gasteiger partial charge is 0.147 e. The topological polar surface area (TPSA) is 17.1 Å². The minimum atomic E-state index is -2.94. The largest absolute Gasteiger partial charge is 0.311 e. The van der Waals surface area contributed by atoms with Crippen molar-refractivity contribution >= 4 is 33.8 Å². The summed E-state index contributed by atoms with van der Waals surface area (Å²) in [5.74, 6) is 0. The minimum absolute atomic E-state index is 0. The zero-order valence-corrected chi connectivity index (χ0v) is 16.7. The van der Waals surface area contributed by atoms with Crippen molar-refractivity contribution < 1.29 is 24.7 Å². The summed E-state index contributed by atoms with van der Waals surface area (Å²) in [4.78, 5) is 0. The van der Waals surface area contributed by atoms with E-state index in [1.807, 2.05) is 97.1 Å². The van der Waals surface area contributed by atoms with E-state index in [1.54, 1.807) is 0 Å². The van der Waals surface area contributed by atoms with Crippen LogP contribution in [0.25, 0.3) is 10.8 Å². The van der Waals surface area contributed by atoms with E-state index in [1.165, 1.54) is 0 Å². The minimum Gasteiger partial charge on any atom is -0.311 e. The Balaban J connectivity index is 0.00000182. The van der Waals surface area contributed by atoms with Crippen LogP contribution in [-0.2, 0) is 24.7 Å². The molecule has 0 aliphatic rings. The van der Waals surface area contributed by atoms with Gasteiger partial charge in [0.2, 0.25) is 0 Å². The molecule has 1 radical (unpaired) electrons. The van der Waals surface area contributed by atoms with Crippen LogP contribution in [0.3, 0.4) is 0 Å². The average molecular weight is 520 g/mol. The van der Waals surface area contributed by atoms with Gasteiger partial charge >= 0.3 is 0 Å². The Labute approximate surface area is 161 Å². The molecule has 4 aromatic carbocycles. The first-order chi connectivity index (χ1) is 11.8. The molecule has 0 unspecified atom stereocenters. The first-order valence-corrected chi connectivity index (χ1v) is 9.61. The maximum absolute atomic E-state index is 14.2. The molecular formula is C22H16IrOP-. The van der Waals surface area contributed by atoms with Crippen LogP contribution in [0.2, 0.25) is 0 Å². The van der Waals surface area contributed by atoms with Gasteiger partial charge in [-0.3, -0.25) is 0 Å². The van der Waals surface area contributed by atoms with Gasteiger partial charge < -0.3 is 4.57 Å². The van der Waals surface area contributed by atoms with Crippen molar-refractivity contribution in [2.75, 3.05) is 0 Å². The SMILES string of the molecule is O=P(c1[c-]cc2ccccc2c1)(c1ccccc1)c1ccccc1.[Ir]. The fraction of sp³-hybridized carbons (Fsp3) is 0. The van der Waals surface area contributed by atoms with E-state index < -0.39 is 7.14 Å². The van der Waals surface area contributed by atoms with Gasteiger partial charge in [0.05, 0.1) is 0 Å². The van der Waals surface area contributed by atoms with Gasteiger partial charge in [0.25, 0.3) is 0 Å². The van der Waals surface area contributed by atoms with Crippen molar-refractivity contribution in [3.63, 3.8) is 0 Å². The second kappa shape index (κ2) is 7.50.